The number of rotatable bonds is 8. The van der Waals surface area contributed by atoms with E-state index in [1.807, 2.05) is 47.8 Å². The van der Waals surface area contributed by atoms with Crippen LogP contribution < -0.4 is 20.1 Å². The molecule has 0 fully saturated rings. The summed E-state index contributed by atoms with van der Waals surface area (Å²) in [7, 11) is 1.63. The van der Waals surface area contributed by atoms with Gasteiger partial charge in [-0.25, -0.2) is 4.98 Å². The zero-order valence-electron chi connectivity index (χ0n) is 22.7. The van der Waals surface area contributed by atoms with Gasteiger partial charge in [0.1, 0.15) is 6.61 Å². The van der Waals surface area contributed by atoms with Gasteiger partial charge in [-0.15, -0.1) is 11.3 Å². The topological polar surface area (TPSA) is 77.4 Å². The van der Waals surface area contributed by atoms with E-state index in [0.29, 0.717) is 23.7 Å². The quantitative estimate of drug-likeness (QED) is 0.211. The van der Waals surface area contributed by atoms with Gasteiger partial charge in [0.05, 0.1) is 40.9 Å². The van der Waals surface area contributed by atoms with Crippen LogP contribution in [0, 0.1) is 13.8 Å². The van der Waals surface area contributed by atoms with Crippen LogP contribution in [0.5, 0.6) is 11.5 Å². The number of aromatic nitrogens is 2. The number of ether oxygens (including phenoxy) is 2. The fraction of sp³-hybridized carbons (Fsp3) is 0.188. The number of carbonyl (C=O) groups is 1. The summed E-state index contributed by atoms with van der Waals surface area (Å²) in [6, 6.07) is 20.1. The highest BCUT2D eigenvalue weighted by molar-refractivity contribution is 7.07. The number of carbonyl (C=O) groups excluding carboxylic acids is 1. The van der Waals surface area contributed by atoms with Gasteiger partial charge < -0.3 is 24.7 Å². The summed E-state index contributed by atoms with van der Waals surface area (Å²) in [6.07, 6.45) is 3.05. The molecule has 1 aliphatic rings. The molecule has 3 aromatic carbocycles. The molecule has 202 valence electrons. The molecular weight excluding hydrogens is 520 g/mol. The molecule has 0 atom stereocenters. The number of fused-ring (bicyclic) bond motifs is 2. The van der Waals surface area contributed by atoms with Gasteiger partial charge in [0, 0.05) is 23.8 Å². The monoisotopic (exact) mass is 550 g/mol. The second-order valence-corrected chi connectivity index (χ2v) is 10.7. The third kappa shape index (κ3) is 5.31. The second-order valence-electron chi connectivity index (χ2n) is 9.96. The van der Waals surface area contributed by atoms with Gasteiger partial charge in [-0.3, -0.25) is 4.79 Å². The number of benzene rings is 3. The highest BCUT2D eigenvalue weighted by atomic mass is 32.1. The SMILES string of the molecule is COc1cc(-c2ccc3c(c2)Nc2ccc(CCn4cc(C)cc4C)cc2NC3=O)ccc1OCc1cscn1. The summed E-state index contributed by atoms with van der Waals surface area (Å²) in [5, 5.41) is 8.54. The van der Waals surface area contributed by atoms with Gasteiger partial charge in [0.15, 0.2) is 11.5 Å². The van der Waals surface area contributed by atoms with Crippen LogP contribution in [0.25, 0.3) is 11.1 Å². The van der Waals surface area contributed by atoms with E-state index in [0.717, 1.165) is 46.8 Å². The van der Waals surface area contributed by atoms with Crippen LogP contribution in [0.4, 0.5) is 17.1 Å². The molecule has 40 heavy (non-hydrogen) atoms. The molecule has 1 amide bonds. The first-order valence-electron chi connectivity index (χ1n) is 13.1. The van der Waals surface area contributed by atoms with E-state index in [4.69, 9.17) is 9.47 Å². The maximum atomic E-state index is 13.2. The van der Waals surface area contributed by atoms with Gasteiger partial charge in [-0.05, 0) is 85.0 Å². The molecule has 1 aliphatic heterocycles. The van der Waals surface area contributed by atoms with Gasteiger partial charge in [-0.2, -0.15) is 0 Å². The zero-order valence-corrected chi connectivity index (χ0v) is 23.5. The van der Waals surface area contributed by atoms with Crippen LogP contribution in [0.2, 0.25) is 0 Å². The molecule has 0 saturated heterocycles. The molecule has 8 heteroatoms. The largest absolute Gasteiger partial charge is 0.493 e. The van der Waals surface area contributed by atoms with Crippen molar-refractivity contribution in [1.29, 1.82) is 0 Å². The Balaban J connectivity index is 1.22. The minimum absolute atomic E-state index is 0.134. The molecule has 2 aromatic heterocycles. The van der Waals surface area contributed by atoms with Crippen molar-refractivity contribution in [3.05, 3.63) is 106 Å². The number of hydrogen-bond acceptors (Lipinski definition) is 6. The lowest BCUT2D eigenvalue weighted by Crippen LogP contribution is -2.11. The van der Waals surface area contributed by atoms with Gasteiger partial charge in [0.2, 0.25) is 0 Å². The molecular formula is C32H30N4O3S. The molecule has 2 N–H and O–H groups in total. The highest BCUT2D eigenvalue weighted by Crippen LogP contribution is 2.38. The molecule has 6 rings (SSSR count). The van der Waals surface area contributed by atoms with E-state index < -0.39 is 0 Å². The summed E-state index contributed by atoms with van der Waals surface area (Å²) in [6.45, 7) is 5.51. The normalized spacial score (nSPS) is 12.1. The van der Waals surface area contributed by atoms with E-state index in [-0.39, 0.29) is 5.91 Å². The summed E-state index contributed by atoms with van der Waals surface area (Å²) in [5.74, 6) is 1.15. The standard InChI is InChI=1S/C32H30N4O3S/c1-20-12-21(2)36(16-20)11-10-22-4-8-27-29(13-22)35-32(37)26-7-5-23(14-28(26)34-27)24-6-9-30(31(15-24)38-3)39-17-25-18-40-19-33-25/h4-9,12-16,18-19,34H,10-11,17H2,1-3H3,(H,35,37). The average molecular weight is 551 g/mol. The zero-order chi connectivity index (χ0) is 27.6. The lowest BCUT2D eigenvalue weighted by Gasteiger charge is -2.14. The van der Waals surface area contributed by atoms with Crippen molar-refractivity contribution in [1.82, 2.24) is 9.55 Å². The molecule has 7 nitrogen and oxygen atoms in total. The number of nitrogens with one attached hydrogen (secondary N) is 2. The highest BCUT2D eigenvalue weighted by Gasteiger charge is 2.20. The molecule has 0 aliphatic carbocycles. The second kappa shape index (κ2) is 10.9. The molecule has 5 aromatic rings. The van der Waals surface area contributed by atoms with Crippen LogP contribution in [0.15, 0.2) is 77.8 Å². The Kier molecular flexibility index (Phi) is 7.00. The molecule has 0 unspecified atom stereocenters. The van der Waals surface area contributed by atoms with E-state index in [1.165, 1.54) is 28.2 Å². The van der Waals surface area contributed by atoms with Crippen molar-refractivity contribution in [3.8, 4) is 22.6 Å². The number of amides is 1. The van der Waals surface area contributed by atoms with E-state index in [9.17, 15) is 4.79 Å². The number of anilines is 3. The average Bonchev–Trinajstić information content (AvgIpc) is 3.56. The van der Waals surface area contributed by atoms with E-state index in [2.05, 4.69) is 58.4 Å². The Labute approximate surface area is 237 Å². The lowest BCUT2D eigenvalue weighted by molar-refractivity contribution is 0.102. The van der Waals surface area contributed by atoms with Crippen LogP contribution in [0.3, 0.4) is 0 Å². The molecule has 0 saturated carbocycles. The summed E-state index contributed by atoms with van der Waals surface area (Å²) < 4.78 is 13.8. The number of nitrogens with zero attached hydrogens (tertiary/aromatic N) is 2. The van der Waals surface area contributed by atoms with Crippen molar-refractivity contribution >= 4 is 34.3 Å². The van der Waals surface area contributed by atoms with Crippen molar-refractivity contribution in [2.24, 2.45) is 0 Å². The fourth-order valence-electron chi connectivity index (χ4n) is 5.03. The maximum Gasteiger partial charge on any atom is 0.257 e. The van der Waals surface area contributed by atoms with Crippen molar-refractivity contribution in [3.63, 3.8) is 0 Å². The van der Waals surface area contributed by atoms with E-state index in [1.54, 1.807) is 12.6 Å². The number of hydrogen-bond donors (Lipinski definition) is 2. The summed E-state index contributed by atoms with van der Waals surface area (Å²) >= 11 is 1.54. The number of methoxy groups -OCH3 is 1. The summed E-state index contributed by atoms with van der Waals surface area (Å²) in [5.41, 5.74) is 11.3. The Morgan fingerprint density at radius 3 is 2.52 bits per heavy atom. The Morgan fingerprint density at radius 1 is 0.900 bits per heavy atom. The van der Waals surface area contributed by atoms with Crippen molar-refractivity contribution in [2.75, 3.05) is 17.7 Å². The first-order chi connectivity index (χ1) is 19.5. The van der Waals surface area contributed by atoms with Crippen LogP contribution >= 0.6 is 11.3 Å². The van der Waals surface area contributed by atoms with Gasteiger partial charge in [0.25, 0.3) is 5.91 Å². The first kappa shape index (κ1) is 25.7. The smallest absolute Gasteiger partial charge is 0.257 e. The van der Waals surface area contributed by atoms with Crippen molar-refractivity contribution in [2.45, 2.75) is 33.4 Å². The Hall–Kier alpha value is -4.56. The molecule has 0 spiro atoms. The maximum absolute atomic E-state index is 13.2. The van der Waals surface area contributed by atoms with Crippen molar-refractivity contribution < 1.29 is 14.3 Å². The Morgan fingerprint density at radius 2 is 1.75 bits per heavy atom. The molecule has 0 radical (unpaired) electrons. The predicted molar refractivity (Wildman–Crippen MR) is 160 cm³/mol. The lowest BCUT2D eigenvalue weighted by atomic mass is 10.0. The molecule has 3 heterocycles. The number of thiazole rings is 1. The third-order valence-corrected chi connectivity index (χ3v) is 7.75. The summed E-state index contributed by atoms with van der Waals surface area (Å²) in [4.78, 5) is 17.4. The van der Waals surface area contributed by atoms with Crippen LogP contribution in [0.1, 0.15) is 32.9 Å². The fourth-order valence-corrected chi connectivity index (χ4v) is 5.58. The Bertz CT molecular complexity index is 1690. The third-order valence-electron chi connectivity index (χ3n) is 7.11. The minimum atomic E-state index is -0.134. The predicted octanol–water partition coefficient (Wildman–Crippen LogP) is 7.37. The van der Waals surface area contributed by atoms with Crippen LogP contribution in [-0.2, 0) is 19.6 Å². The minimum Gasteiger partial charge on any atom is -0.493 e. The van der Waals surface area contributed by atoms with Crippen LogP contribution in [-0.4, -0.2) is 22.6 Å². The number of aryl methyl sites for hydroxylation is 4. The van der Waals surface area contributed by atoms with E-state index >= 15 is 0 Å². The first-order valence-corrected chi connectivity index (χ1v) is 14.1. The van der Waals surface area contributed by atoms with Gasteiger partial charge in [-0.1, -0.05) is 18.2 Å². The van der Waals surface area contributed by atoms with Gasteiger partial charge >= 0.3 is 0 Å². The molecule has 0 bridgehead atoms.